The fraction of sp³-hybridized carbons (Fsp3) is 0.417. The van der Waals surface area contributed by atoms with Gasteiger partial charge in [0.25, 0.3) is 0 Å². The normalized spacial score (nSPS) is 14.6. The van der Waals surface area contributed by atoms with Gasteiger partial charge >= 0.3 is 0 Å². The molecular formula is C24H28ClN3O3S. The van der Waals surface area contributed by atoms with Crippen molar-refractivity contribution in [2.75, 3.05) is 50.9 Å². The second-order valence-corrected chi connectivity index (χ2v) is 9.11. The highest BCUT2D eigenvalue weighted by Gasteiger charge is 2.21. The summed E-state index contributed by atoms with van der Waals surface area (Å²) in [5.74, 6) is 0.846. The molecule has 0 atom stereocenters. The number of rotatable bonds is 9. The van der Waals surface area contributed by atoms with Gasteiger partial charge in [0.1, 0.15) is 11.3 Å². The molecule has 0 radical (unpaired) electrons. The van der Waals surface area contributed by atoms with Crippen molar-refractivity contribution in [3.63, 3.8) is 0 Å². The minimum absolute atomic E-state index is 0.0336. The maximum absolute atomic E-state index is 13.4. The Kier molecular flexibility index (Phi) is 7.97. The Hall–Kier alpha value is -2.19. The zero-order valence-corrected chi connectivity index (χ0v) is 19.8. The monoisotopic (exact) mass is 473 g/mol. The molecule has 1 aromatic heterocycles. The van der Waals surface area contributed by atoms with E-state index in [1.165, 1.54) is 11.3 Å². The average Bonchev–Trinajstić information content (AvgIpc) is 3.24. The first-order chi connectivity index (χ1) is 15.6. The summed E-state index contributed by atoms with van der Waals surface area (Å²) >= 11 is 7.85. The lowest BCUT2D eigenvalue weighted by atomic mass is 10.1. The summed E-state index contributed by atoms with van der Waals surface area (Å²) in [7, 11) is 0. The van der Waals surface area contributed by atoms with Crippen LogP contribution in [0.5, 0.6) is 5.75 Å². The molecule has 0 bridgehead atoms. The van der Waals surface area contributed by atoms with Crippen LogP contribution in [0.1, 0.15) is 18.9 Å². The van der Waals surface area contributed by atoms with Crippen LogP contribution < -0.4 is 9.64 Å². The van der Waals surface area contributed by atoms with E-state index >= 15 is 0 Å². The number of carbonyl (C=O) groups excluding carboxylic acids is 1. The number of morpholine rings is 1. The van der Waals surface area contributed by atoms with E-state index < -0.39 is 0 Å². The lowest BCUT2D eigenvalue weighted by Crippen LogP contribution is -2.39. The van der Waals surface area contributed by atoms with E-state index in [0.29, 0.717) is 29.7 Å². The summed E-state index contributed by atoms with van der Waals surface area (Å²) in [5, 5.41) is 1.31. The maximum atomic E-state index is 13.4. The molecule has 170 valence electrons. The summed E-state index contributed by atoms with van der Waals surface area (Å²) in [6.45, 7) is 7.56. The van der Waals surface area contributed by atoms with Crippen LogP contribution in [-0.4, -0.2) is 61.8 Å². The van der Waals surface area contributed by atoms with Crippen LogP contribution in [0.15, 0.2) is 42.5 Å². The maximum Gasteiger partial charge on any atom is 0.233 e. The third-order valence-corrected chi connectivity index (χ3v) is 6.79. The topological polar surface area (TPSA) is 54.9 Å². The third-order valence-electron chi connectivity index (χ3n) is 5.44. The molecule has 8 heteroatoms. The predicted octanol–water partition coefficient (Wildman–Crippen LogP) is 4.65. The number of ether oxygens (including phenoxy) is 2. The molecule has 1 amide bonds. The number of aromatic nitrogens is 1. The van der Waals surface area contributed by atoms with Gasteiger partial charge in [-0.15, -0.1) is 0 Å². The molecule has 0 aliphatic carbocycles. The summed E-state index contributed by atoms with van der Waals surface area (Å²) in [4.78, 5) is 22.3. The highest BCUT2D eigenvalue weighted by molar-refractivity contribution is 7.22. The number of halogens is 1. The second kappa shape index (κ2) is 11.1. The molecule has 3 aromatic rings. The van der Waals surface area contributed by atoms with E-state index in [1.807, 2.05) is 54.3 Å². The van der Waals surface area contributed by atoms with E-state index in [-0.39, 0.29) is 5.91 Å². The molecule has 1 aliphatic rings. The van der Waals surface area contributed by atoms with Gasteiger partial charge in [-0.2, -0.15) is 0 Å². The van der Waals surface area contributed by atoms with Gasteiger partial charge in [-0.25, -0.2) is 4.98 Å². The number of thiazole rings is 1. The number of amides is 1. The minimum Gasteiger partial charge on any atom is -0.494 e. The fourth-order valence-electron chi connectivity index (χ4n) is 3.76. The number of benzene rings is 2. The van der Waals surface area contributed by atoms with Gasteiger partial charge in [0.2, 0.25) is 5.91 Å². The quantitative estimate of drug-likeness (QED) is 0.453. The van der Waals surface area contributed by atoms with Crippen LogP contribution in [0.3, 0.4) is 0 Å². The average molecular weight is 474 g/mol. The summed E-state index contributed by atoms with van der Waals surface area (Å²) in [5.41, 5.74) is 1.71. The molecule has 0 saturated carbocycles. The molecular weight excluding hydrogens is 446 g/mol. The number of nitrogens with zero attached hydrogens (tertiary/aromatic N) is 3. The van der Waals surface area contributed by atoms with Gasteiger partial charge in [0.05, 0.1) is 36.0 Å². The first-order valence-corrected chi connectivity index (χ1v) is 12.2. The molecule has 4 rings (SSSR count). The van der Waals surface area contributed by atoms with Gasteiger partial charge in [-0.3, -0.25) is 14.6 Å². The molecule has 32 heavy (non-hydrogen) atoms. The van der Waals surface area contributed by atoms with Crippen molar-refractivity contribution >= 4 is 44.2 Å². The zero-order valence-electron chi connectivity index (χ0n) is 18.3. The number of carbonyl (C=O) groups is 1. The van der Waals surface area contributed by atoms with E-state index in [0.717, 1.165) is 60.8 Å². The highest BCUT2D eigenvalue weighted by Crippen LogP contribution is 2.33. The van der Waals surface area contributed by atoms with Crippen molar-refractivity contribution < 1.29 is 14.3 Å². The standard InChI is InChI=1S/C24H28ClN3O3S/c1-2-31-19-9-7-18(8-10-19)17-22(29)28(12-4-11-27-13-15-30-16-14-27)24-26-23-20(25)5-3-6-21(23)32-24/h3,5-10H,2,4,11-17H2,1H3. The van der Waals surface area contributed by atoms with E-state index in [4.69, 9.17) is 26.1 Å². The Balaban J connectivity index is 1.50. The van der Waals surface area contributed by atoms with E-state index in [2.05, 4.69) is 4.90 Å². The predicted molar refractivity (Wildman–Crippen MR) is 130 cm³/mol. The van der Waals surface area contributed by atoms with Crippen LogP contribution in [0.2, 0.25) is 5.02 Å². The lowest BCUT2D eigenvalue weighted by Gasteiger charge is -2.27. The van der Waals surface area contributed by atoms with Gasteiger partial charge in [0, 0.05) is 26.2 Å². The molecule has 0 unspecified atom stereocenters. The summed E-state index contributed by atoms with van der Waals surface area (Å²) in [6.07, 6.45) is 1.19. The number of hydrogen-bond acceptors (Lipinski definition) is 6. The Morgan fingerprint density at radius 2 is 2.00 bits per heavy atom. The number of para-hydroxylation sites is 1. The third kappa shape index (κ3) is 5.78. The molecule has 2 aromatic carbocycles. The van der Waals surface area contributed by atoms with Crippen molar-refractivity contribution in [2.24, 2.45) is 0 Å². The largest absolute Gasteiger partial charge is 0.494 e. The molecule has 1 fully saturated rings. The Bertz CT molecular complexity index is 1030. The van der Waals surface area contributed by atoms with Crippen LogP contribution in [0.4, 0.5) is 5.13 Å². The SMILES string of the molecule is CCOc1ccc(CC(=O)N(CCCN2CCOCC2)c2nc3c(Cl)cccc3s2)cc1. The molecule has 1 aliphatic heterocycles. The molecule has 1 saturated heterocycles. The Morgan fingerprint density at radius 3 is 2.72 bits per heavy atom. The molecule has 6 nitrogen and oxygen atoms in total. The minimum atomic E-state index is 0.0336. The number of hydrogen-bond donors (Lipinski definition) is 0. The van der Waals surface area contributed by atoms with Gasteiger partial charge in [-0.05, 0) is 43.2 Å². The first-order valence-electron chi connectivity index (χ1n) is 11.0. The van der Waals surface area contributed by atoms with Crippen LogP contribution >= 0.6 is 22.9 Å². The van der Waals surface area contributed by atoms with Gasteiger partial charge in [-0.1, -0.05) is 41.1 Å². The van der Waals surface area contributed by atoms with Crippen molar-refractivity contribution in [2.45, 2.75) is 19.8 Å². The molecule has 2 heterocycles. The van der Waals surface area contributed by atoms with Gasteiger partial charge < -0.3 is 9.47 Å². The van der Waals surface area contributed by atoms with E-state index in [9.17, 15) is 4.79 Å². The van der Waals surface area contributed by atoms with Crippen LogP contribution in [-0.2, 0) is 16.0 Å². The first kappa shape index (κ1) is 23.0. The van der Waals surface area contributed by atoms with Crippen LogP contribution in [0.25, 0.3) is 10.2 Å². The van der Waals surface area contributed by atoms with Gasteiger partial charge in [0.15, 0.2) is 5.13 Å². The van der Waals surface area contributed by atoms with Crippen molar-refractivity contribution in [1.29, 1.82) is 0 Å². The fourth-order valence-corrected chi connectivity index (χ4v) is 5.07. The Labute approximate surface area is 197 Å². The van der Waals surface area contributed by atoms with E-state index in [1.54, 1.807) is 0 Å². The second-order valence-electron chi connectivity index (χ2n) is 7.69. The van der Waals surface area contributed by atoms with Crippen LogP contribution in [0, 0.1) is 0 Å². The molecule has 0 spiro atoms. The van der Waals surface area contributed by atoms with Crippen molar-refractivity contribution in [3.05, 3.63) is 53.1 Å². The zero-order chi connectivity index (χ0) is 22.3. The summed E-state index contributed by atoms with van der Waals surface area (Å²) in [6, 6.07) is 13.5. The number of fused-ring (bicyclic) bond motifs is 1. The van der Waals surface area contributed by atoms with Crippen molar-refractivity contribution in [1.82, 2.24) is 9.88 Å². The molecule has 0 N–H and O–H groups in total. The van der Waals surface area contributed by atoms with Crippen molar-refractivity contribution in [3.8, 4) is 5.75 Å². The summed E-state index contributed by atoms with van der Waals surface area (Å²) < 4.78 is 11.9. The number of anilines is 1. The Morgan fingerprint density at radius 1 is 1.22 bits per heavy atom. The lowest BCUT2D eigenvalue weighted by molar-refractivity contribution is -0.118. The smallest absolute Gasteiger partial charge is 0.233 e. The highest BCUT2D eigenvalue weighted by atomic mass is 35.5.